The molecule has 0 atom stereocenters. The molecule has 0 radical (unpaired) electrons. The van der Waals surface area contributed by atoms with E-state index in [0.717, 1.165) is 23.7 Å². The molecule has 3 nitrogen and oxygen atoms in total. The normalized spacial score (nSPS) is 11.1. The molecule has 2 aromatic rings. The molecular weight excluding hydrogens is 280 g/mol. The number of aromatic nitrogens is 1. The maximum Gasteiger partial charge on any atom is 0.119 e. The van der Waals surface area contributed by atoms with Crippen molar-refractivity contribution in [3.63, 3.8) is 0 Å². The van der Waals surface area contributed by atoms with Gasteiger partial charge < -0.3 is 10.1 Å². The Morgan fingerprint density at radius 1 is 1.33 bits per heavy atom. The minimum atomic E-state index is 0.469. The van der Waals surface area contributed by atoms with Gasteiger partial charge in [-0.25, -0.2) is 4.98 Å². The predicted molar refractivity (Wildman–Crippen MR) is 89.3 cm³/mol. The lowest BCUT2D eigenvalue weighted by molar-refractivity contribution is 0.321. The van der Waals surface area contributed by atoms with E-state index in [2.05, 4.69) is 38.2 Å². The molecule has 0 saturated carbocycles. The van der Waals surface area contributed by atoms with Crippen LogP contribution in [0.4, 0.5) is 0 Å². The van der Waals surface area contributed by atoms with Crippen LogP contribution in [0.3, 0.4) is 0 Å². The Labute approximate surface area is 131 Å². The van der Waals surface area contributed by atoms with Gasteiger partial charge in [0.2, 0.25) is 0 Å². The van der Waals surface area contributed by atoms with Crippen molar-refractivity contribution in [2.75, 3.05) is 13.7 Å². The van der Waals surface area contributed by atoms with Gasteiger partial charge in [0.15, 0.2) is 0 Å². The van der Waals surface area contributed by atoms with Crippen molar-refractivity contribution in [3.8, 4) is 5.75 Å². The Morgan fingerprint density at radius 3 is 2.81 bits per heavy atom. The van der Waals surface area contributed by atoms with Crippen molar-refractivity contribution in [1.29, 1.82) is 0 Å². The number of ether oxygens (including phenoxy) is 1. The van der Waals surface area contributed by atoms with Crippen molar-refractivity contribution in [3.05, 3.63) is 45.4 Å². The summed E-state index contributed by atoms with van der Waals surface area (Å²) in [6.07, 6.45) is 0.863. The lowest BCUT2D eigenvalue weighted by Gasteiger charge is -2.05. The maximum atomic E-state index is 5.81. The Hall–Kier alpha value is -1.39. The molecule has 0 bridgehead atoms. The predicted octanol–water partition coefficient (Wildman–Crippen LogP) is 3.92. The third kappa shape index (κ3) is 4.55. The van der Waals surface area contributed by atoms with Crippen molar-refractivity contribution < 1.29 is 4.74 Å². The van der Waals surface area contributed by atoms with Crippen molar-refractivity contribution in [2.45, 2.75) is 39.7 Å². The molecule has 114 valence electrons. The topological polar surface area (TPSA) is 34.1 Å². The molecule has 0 spiro atoms. The minimum Gasteiger partial charge on any atom is -0.493 e. The van der Waals surface area contributed by atoms with Crippen LogP contribution in [0, 0.1) is 6.92 Å². The van der Waals surface area contributed by atoms with Crippen LogP contribution in [0.25, 0.3) is 0 Å². The van der Waals surface area contributed by atoms with Crippen LogP contribution in [-0.4, -0.2) is 18.6 Å². The van der Waals surface area contributed by atoms with Gasteiger partial charge in [-0.1, -0.05) is 26.0 Å². The maximum absolute atomic E-state index is 5.81. The van der Waals surface area contributed by atoms with Gasteiger partial charge >= 0.3 is 0 Å². The van der Waals surface area contributed by atoms with Gasteiger partial charge in [0.25, 0.3) is 0 Å². The second kappa shape index (κ2) is 7.57. The number of thiazole rings is 1. The van der Waals surface area contributed by atoms with Gasteiger partial charge in [-0.05, 0) is 37.6 Å². The largest absolute Gasteiger partial charge is 0.493 e. The van der Waals surface area contributed by atoms with Gasteiger partial charge in [0.05, 0.1) is 17.3 Å². The zero-order chi connectivity index (χ0) is 15.2. The highest BCUT2D eigenvalue weighted by Crippen LogP contribution is 2.25. The molecule has 0 amide bonds. The molecule has 0 aliphatic heterocycles. The number of hydrogen-bond acceptors (Lipinski definition) is 4. The van der Waals surface area contributed by atoms with Crippen LogP contribution in [0.2, 0.25) is 0 Å². The van der Waals surface area contributed by atoms with Crippen LogP contribution in [0.1, 0.15) is 40.9 Å². The van der Waals surface area contributed by atoms with Crippen LogP contribution < -0.4 is 10.1 Å². The molecule has 1 N–H and O–H groups in total. The zero-order valence-corrected chi connectivity index (χ0v) is 14.1. The van der Waals surface area contributed by atoms with Crippen LogP contribution >= 0.6 is 11.3 Å². The van der Waals surface area contributed by atoms with E-state index in [1.807, 2.05) is 19.2 Å². The van der Waals surface area contributed by atoms with E-state index < -0.39 is 0 Å². The third-order valence-electron chi connectivity index (χ3n) is 3.23. The molecule has 0 aliphatic carbocycles. The number of nitrogens with zero attached hydrogens (tertiary/aromatic N) is 1. The molecule has 2 rings (SSSR count). The summed E-state index contributed by atoms with van der Waals surface area (Å²) in [6, 6.07) is 8.16. The summed E-state index contributed by atoms with van der Waals surface area (Å²) >= 11 is 1.80. The smallest absolute Gasteiger partial charge is 0.119 e. The van der Waals surface area contributed by atoms with E-state index in [4.69, 9.17) is 9.72 Å². The summed E-state index contributed by atoms with van der Waals surface area (Å²) in [6.45, 7) is 8.03. The summed E-state index contributed by atoms with van der Waals surface area (Å²) in [5, 5.41) is 4.38. The fraction of sp³-hybridized carbons (Fsp3) is 0.471. The molecule has 0 aliphatic rings. The summed E-state index contributed by atoms with van der Waals surface area (Å²) in [4.78, 5) is 6.12. The van der Waals surface area contributed by atoms with Crippen molar-refractivity contribution in [2.24, 2.45) is 0 Å². The highest BCUT2D eigenvalue weighted by atomic mass is 32.1. The first kappa shape index (κ1) is 16.0. The minimum absolute atomic E-state index is 0.469. The van der Waals surface area contributed by atoms with Gasteiger partial charge in [0.1, 0.15) is 5.75 Å². The highest BCUT2D eigenvalue weighted by molar-refractivity contribution is 7.11. The Balaban J connectivity index is 1.95. The lowest BCUT2D eigenvalue weighted by Crippen LogP contribution is -2.06. The summed E-state index contributed by atoms with van der Waals surface area (Å²) < 4.78 is 5.81. The Morgan fingerprint density at radius 2 is 2.14 bits per heavy atom. The third-order valence-corrected chi connectivity index (χ3v) is 4.36. The highest BCUT2D eigenvalue weighted by Gasteiger charge is 2.13. The first-order valence-corrected chi connectivity index (χ1v) is 8.24. The molecule has 21 heavy (non-hydrogen) atoms. The number of rotatable bonds is 7. The first-order valence-electron chi connectivity index (χ1n) is 7.42. The monoisotopic (exact) mass is 304 g/mol. The number of hydrogen-bond donors (Lipinski definition) is 1. The second-order valence-electron chi connectivity index (χ2n) is 5.52. The second-order valence-corrected chi connectivity index (χ2v) is 6.68. The van der Waals surface area contributed by atoms with Gasteiger partial charge in [-0.2, -0.15) is 0 Å². The van der Waals surface area contributed by atoms with E-state index >= 15 is 0 Å². The summed E-state index contributed by atoms with van der Waals surface area (Å²) in [7, 11) is 1.98. The first-order chi connectivity index (χ1) is 10.1. The van der Waals surface area contributed by atoms with Crippen molar-refractivity contribution in [1.82, 2.24) is 10.3 Å². The number of nitrogens with one attached hydrogen (secondary N) is 1. The average molecular weight is 304 g/mol. The standard InChI is InChI=1S/C17H24N2OS/c1-12(2)17-15(11-18-4)21-16(19-17)8-9-20-14-7-5-6-13(3)10-14/h5-7,10,12,18H,8-9,11H2,1-4H3. The summed E-state index contributed by atoms with van der Waals surface area (Å²) in [5.41, 5.74) is 2.44. The van der Waals surface area contributed by atoms with E-state index in [-0.39, 0.29) is 0 Å². The molecule has 4 heteroatoms. The summed E-state index contributed by atoms with van der Waals surface area (Å²) in [5.74, 6) is 1.40. The molecule has 1 heterocycles. The van der Waals surface area contributed by atoms with E-state index in [9.17, 15) is 0 Å². The number of benzene rings is 1. The van der Waals surface area contributed by atoms with E-state index in [0.29, 0.717) is 12.5 Å². The molecule has 1 aromatic heterocycles. The van der Waals surface area contributed by atoms with Gasteiger partial charge in [-0.3, -0.25) is 0 Å². The van der Waals surface area contributed by atoms with Gasteiger partial charge in [-0.15, -0.1) is 11.3 Å². The number of aryl methyl sites for hydroxylation is 1. The fourth-order valence-corrected chi connectivity index (χ4v) is 3.44. The van der Waals surface area contributed by atoms with Crippen LogP contribution in [0.5, 0.6) is 5.75 Å². The lowest BCUT2D eigenvalue weighted by atomic mass is 10.1. The molecule has 0 saturated heterocycles. The average Bonchev–Trinajstić information content (AvgIpc) is 2.83. The SMILES string of the molecule is CNCc1sc(CCOc2cccc(C)c2)nc1C(C)C. The Kier molecular flexibility index (Phi) is 5.76. The molecular formula is C17H24N2OS. The molecule has 1 aromatic carbocycles. The zero-order valence-electron chi connectivity index (χ0n) is 13.3. The van der Waals surface area contributed by atoms with Crippen LogP contribution in [-0.2, 0) is 13.0 Å². The quantitative estimate of drug-likeness (QED) is 0.842. The van der Waals surface area contributed by atoms with Crippen LogP contribution in [0.15, 0.2) is 24.3 Å². The fourth-order valence-electron chi connectivity index (χ4n) is 2.22. The molecule has 0 unspecified atom stereocenters. The van der Waals surface area contributed by atoms with Crippen molar-refractivity contribution >= 4 is 11.3 Å². The van der Waals surface area contributed by atoms with E-state index in [1.165, 1.54) is 16.1 Å². The van der Waals surface area contributed by atoms with E-state index in [1.54, 1.807) is 11.3 Å². The Bertz CT molecular complexity index is 578. The van der Waals surface area contributed by atoms with Gasteiger partial charge in [0, 0.05) is 17.8 Å². The molecule has 0 fully saturated rings.